The third kappa shape index (κ3) is 6.41. The van der Waals surface area contributed by atoms with Gasteiger partial charge < -0.3 is 4.84 Å². The van der Waals surface area contributed by atoms with Crippen molar-refractivity contribution in [3.8, 4) is 0 Å². The van der Waals surface area contributed by atoms with E-state index in [1.165, 1.54) is 36.5 Å². The number of nitrogens with zero attached hydrogens (tertiary/aromatic N) is 1. The zero-order valence-corrected chi connectivity index (χ0v) is 18.1. The van der Waals surface area contributed by atoms with Crippen LogP contribution in [-0.2, 0) is 19.2 Å². The average Bonchev–Trinajstić information content (AvgIpc) is 2.92. The molecule has 0 N–H and O–H groups in total. The lowest BCUT2D eigenvalue weighted by Crippen LogP contribution is -2.31. The van der Waals surface area contributed by atoms with Crippen molar-refractivity contribution in [3.63, 3.8) is 0 Å². The van der Waals surface area contributed by atoms with E-state index in [9.17, 15) is 14.4 Å². The Labute approximate surface area is 173 Å². The third-order valence-corrected chi connectivity index (χ3v) is 5.31. The van der Waals surface area contributed by atoms with Gasteiger partial charge in [0.15, 0.2) is 0 Å². The molecule has 1 fully saturated rings. The molecule has 2 aliphatic rings. The van der Waals surface area contributed by atoms with E-state index < -0.39 is 17.8 Å². The normalized spacial score (nSPS) is 21.1. The van der Waals surface area contributed by atoms with Crippen LogP contribution in [0.4, 0.5) is 0 Å². The largest absolute Gasteiger partial charge is 0.357 e. The van der Waals surface area contributed by atoms with Gasteiger partial charge in [-0.25, -0.2) is 4.79 Å². The summed E-state index contributed by atoms with van der Waals surface area (Å²) in [6, 6.07) is 0. The van der Waals surface area contributed by atoms with Crippen LogP contribution >= 0.6 is 0 Å². The molecule has 1 aliphatic heterocycles. The number of carbonyl (C=O) groups is 3. The minimum Gasteiger partial charge on any atom is -0.326 e. The molecule has 1 aliphatic carbocycles. The van der Waals surface area contributed by atoms with E-state index in [0.717, 1.165) is 5.57 Å². The van der Waals surface area contributed by atoms with Crippen LogP contribution in [0.25, 0.3) is 0 Å². The van der Waals surface area contributed by atoms with Gasteiger partial charge >= 0.3 is 5.97 Å². The van der Waals surface area contributed by atoms with Gasteiger partial charge in [0.05, 0.1) is 0 Å². The minimum absolute atomic E-state index is 0.0832. The summed E-state index contributed by atoms with van der Waals surface area (Å²) in [5, 5.41) is 0.550. The van der Waals surface area contributed by atoms with Crippen LogP contribution in [0.1, 0.15) is 66.7 Å². The maximum atomic E-state index is 11.9. The van der Waals surface area contributed by atoms with Crippen LogP contribution in [0.5, 0.6) is 0 Å². The summed E-state index contributed by atoms with van der Waals surface area (Å²) >= 11 is 0. The van der Waals surface area contributed by atoms with Gasteiger partial charge in [0.2, 0.25) is 0 Å². The van der Waals surface area contributed by atoms with Crippen molar-refractivity contribution in [2.45, 2.75) is 66.7 Å². The van der Waals surface area contributed by atoms with Crippen molar-refractivity contribution < 1.29 is 19.2 Å². The summed E-state index contributed by atoms with van der Waals surface area (Å²) in [5.74, 6) is -1.71. The highest BCUT2D eigenvalue weighted by Crippen LogP contribution is 2.40. The van der Waals surface area contributed by atoms with Crippen LogP contribution in [-0.4, -0.2) is 22.8 Å². The molecule has 29 heavy (non-hydrogen) atoms. The fourth-order valence-corrected chi connectivity index (χ4v) is 3.64. The van der Waals surface area contributed by atoms with Gasteiger partial charge in [-0.1, -0.05) is 55.4 Å². The smallest absolute Gasteiger partial charge is 0.326 e. The number of allylic oxidation sites excluding steroid dienone is 9. The lowest BCUT2D eigenvalue weighted by Gasteiger charge is -2.32. The van der Waals surface area contributed by atoms with Crippen LogP contribution in [0.3, 0.4) is 0 Å². The number of hydrogen-bond donors (Lipinski definition) is 0. The van der Waals surface area contributed by atoms with E-state index >= 15 is 0 Å². The molecule has 1 saturated heterocycles. The van der Waals surface area contributed by atoms with Gasteiger partial charge in [-0.05, 0) is 56.6 Å². The maximum Gasteiger partial charge on any atom is 0.357 e. The molecule has 5 nitrogen and oxygen atoms in total. The fraction of sp³-hybridized carbons (Fsp3) is 0.458. The average molecular weight is 398 g/mol. The molecule has 0 radical (unpaired) electrons. The summed E-state index contributed by atoms with van der Waals surface area (Å²) in [7, 11) is 0. The first-order chi connectivity index (χ1) is 13.6. The Balaban J connectivity index is 1.95. The Bertz CT molecular complexity index is 821. The van der Waals surface area contributed by atoms with Crippen LogP contribution in [0.15, 0.2) is 58.7 Å². The van der Waals surface area contributed by atoms with Crippen molar-refractivity contribution >= 4 is 17.8 Å². The Morgan fingerprint density at radius 1 is 1.03 bits per heavy atom. The van der Waals surface area contributed by atoms with Gasteiger partial charge in [0, 0.05) is 18.9 Å². The minimum atomic E-state index is -0.738. The molecule has 0 atom stereocenters. The van der Waals surface area contributed by atoms with Crippen LogP contribution in [0, 0.1) is 5.41 Å². The molecule has 0 aromatic heterocycles. The lowest BCUT2D eigenvalue weighted by atomic mass is 9.72. The highest BCUT2D eigenvalue weighted by molar-refractivity contribution is 6.02. The molecule has 156 valence electrons. The number of amides is 2. The first-order valence-electron chi connectivity index (χ1n) is 10.1. The van der Waals surface area contributed by atoms with Crippen molar-refractivity contribution in [2.75, 3.05) is 0 Å². The molecule has 0 aromatic rings. The predicted molar refractivity (Wildman–Crippen MR) is 113 cm³/mol. The van der Waals surface area contributed by atoms with Gasteiger partial charge in [0.25, 0.3) is 11.8 Å². The first kappa shape index (κ1) is 22.6. The Hall–Kier alpha value is -2.69. The highest BCUT2D eigenvalue weighted by Gasteiger charge is 2.32. The van der Waals surface area contributed by atoms with Gasteiger partial charge in [-0.3, -0.25) is 9.59 Å². The monoisotopic (exact) mass is 397 g/mol. The van der Waals surface area contributed by atoms with E-state index in [1.54, 1.807) is 13.0 Å². The van der Waals surface area contributed by atoms with Gasteiger partial charge in [-0.15, -0.1) is 5.06 Å². The summed E-state index contributed by atoms with van der Waals surface area (Å²) in [6.45, 7) is 10.6. The van der Waals surface area contributed by atoms with Crippen molar-refractivity contribution in [1.29, 1.82) is 0 Å². The molecule has 2 amide bonds. The van der Waals surface area contributed by atoms with E-state index in [2.05, 4.69) is 32.9 Å². The van der Waals surface area contributed by atoms with Gasteiger partial charge in [-0.2, -0.15) is 0 Å². The fourth-order valence-electron chi connectivity index (χ4n) is 3.64. The van der Waals surface area contributed by atoms with Crippen molar-refractivity contribution in [3.05, 3.63) is 58.7 Å². The molecule has 0 saturated carbocycles. The second kappa shape index (κ2) is 9.68. The van der Waals surface area contributed by atoms with E-state index in [0.29, 0.717) is 10.6 Å². The second-order valence-electron chi connectivity index (χ2n) is 8.42. The first-order valence-corrected chi connectivity index (χ1v) is 10.1. The summed E-state index contributed by atoms with van der Waals surface area (Å²) in [5.41, 5.74) is 4.87. The van der Waals surface area contributed by atoms with Crippen molar-refractivity contribution in [1.82, 2.24) is 5.06 Å². The molecule has 0 bridgehead atoms. The number of carbonyl (C=O) groups excluding carboxylic acids is 3. The second-order valence-corrected chi connectivity index (χ2v) is 8.42. The maximum absolute atomic E-state index is 11.9. The number of hydroxylamine groups is 2. The molecular formula is C24H31NO4. The Morgan fingerprint density at radius 3 is 2.31 bits per heavy atom. The quantitative estimate of drug-likeness (QED) is 0.354. The summed E-state index contributed by atoms with van der Waals surface area (Å²) < 4.78 is 0. The van der Waals surface area contributed by atoms with Crippen molar-refractivity contribution in [2.24, 2.45) is 5.41 Å². The SMILES string of the molecule is CC1=C(/C=C/C(C)=C\C=C\C(C)=C\C(=O)ON2C(=O)CCC2=O)C(C)(C)CCC1. The Morgan fingerprint density at radius 2 is 1.69 bits per heavy atom. The number of rotatable bonds is 6. The summed E-state index contributed by atoms with van der Waals surface area (Å²) in [6.07, 6.45) is 15.0. The van der Waals surface area contributed by atoms with E-state index in [-0.39, 0.29) is 18.3 Å². The van der Waals surface area contributed by atoms with E-state index in [4.69, 9.17) is 4.84 Å². The Kier molecular flexibility index (Phi) is 7.54. The number of hydrogen-bond acceptors (Lipinski definition) is 4. The lowest BCUT2D eigenvalue weighted by molar-refractivity contribution is -0.193. The molecule has 1 heterocycles. The molecule has 5 heteroatoms. The topological polar surface area (TPSA) is 63.7 Å². The zero-order chi connectivity index (χ0) is 21.6. The van der Waals surface area contributed by atoms with Crippen LogP contribution in [0.2, 0.25) is 0 Å². The van der Waals surface area contributed by atoms with Crippen LogP contribution < -0.4 is 0 Å². The highest BCUT2D eigenvalue weighted by atomic mass is 16.7. The summed E-state index contributed by atoms with van der Waals surface area (Å²) in [4.78, 5) is 39.6. The molecule has 2 rings (SSSR count). The molecule has 0 spiro atoms. The third-order valence-electron chi connectivity index (χ3n) is 5.31. The van der Waals surface area contributed by atoms with E-state index in [1.807, 2.05) is 19.1 Å². The molecule has 0 aromatic carbocycles. The molecular weight excluding hydrogens is 366 g/mol. The number of imide groups is 1. The predicted octanol–water partition coefficient (Wildman–Crippen LogP) is 5.13. The molecule has 0 unspecified atom stereocenters. The van der Waals surface area contributed by atoms with Gasteiger partial charge in [0.1, 0.15) is 0 Å². The standard InChI is InChI=1S/C24H31NO4/c1-17(11-12-20-19(3)10-7-15-24(20,4)5)8-6-9-18(2)16-23(28)29-25-21(26)13-14-22(25)27/h6,8-9,11-12,16H,7,10,13-15H2,1-5H3/b9-6+,12-11+,17-8-,18-16+. The zero-order valence-electron chi connectivity index (χ0n) is 18.1.